The average molecular weight is 334 g/mol. The molecule has 1 unspecified atom stereocenters. The smallest absolute Gasteiger partial charge is 0.142 e. The first-order valence-corrected chi connectivity index (χ1v) is 7.30. The molecule has 0 saturated heterocycles. The summed E-state index contributed by atoms with van der Waals surface area (Å²) in [5.41, 5.74) is 3.33. The van der Waals surface area contributed by atoms with Crippen LogP contribution in [0.5, 0.6) is 11.5 Å². The number of fused-ring (bicyclic) bond motifs is 1. The fourth-order valence-corrected chi connectivity index (χ4v) is 2.81. The number of methoxy groups -OCH3 is 1. The van der Waals surface area contributed by atoms with Crippen LogP contribution < -0.4 is 14.8 Å². The van der Waals surface area contributed by atoms with Crippen molar-refractivity contribution in [1.29, 1.82) is 0 Å². The van der Waals surface area contributed by atoms with Gasteiger partial charge < -0.3 is 14.8 Å². The van der Waals surface area contributed by atoms with E-state index in [1.807, 2.05) is 18.2 Å². The Bertz CT molecular complexity index is 642. The quantitative estimate of drug-likeness (QED) is 0.888. The zero-order valence-electron chi connectivity index (χ0n) is 11.4. The van der Waals surface area contributed by atoms with E-state index in [4.69, 9.17) is 9.47 Å². The van der Waals surface area contributed by atoms with Crippen molar-refractivity contribution >= 4 is 21.6 Å². The molecule has 0 amide bonds. The molecular formula is C16H16BrNO2. The van der Waals surface area contributed by atoms with Crippen molar-refractivity contribution in [1.82, 2.24) is 0 Å². The Morgan fingerprint density at radius 3 is 2.90 bits per heavy atom. The zero-order chi connectivity index (χ0) is 14.1. The molecule has 3 rings (SSSR count). The van der Waals surface area contributed by atoms with Crippen molar-refractivity contribution in [2.45, 2.75) is 13.0 Å². The predicted molar refractivity (Wildman–Crippen MR) is 83.7 cm³/mol. The highest BCUT2D eigenvalue weighted by Crippen LogP contribution is 2.37. The van der Waals surface area contributed by atoms with E-state index in [0.29, 0.717) is 6.61 Å². The van der Waals surface area contributed by atoms with Gasteiger partial charge in [0.1, 0.15) is 18.1 Å². The highest BCUT2D eigenvalue weighted by Gasteiger charge is 2.23. The molecule has 1 N–H and O–H groups in total. The number of halogens is 1. The fourth-order valence-electron chi connectivity index (χ4n) is 2.43. The molecule has 2 aromatic carbocycles. The van der Waals surface area contributed by atoms with Crippen LogP contribution in [-0.2, 0) is 0 Å². The zero-order valence-corrected chi connectivity index (χ0v) is 13.0. The number of benzene rings is 2. The van der Waals surface area contributed by atoms with E-state index < -0.39 is 0 Å². The minimum atomic E-state index is 0.0803. The summed E-state index contributed by atoms with van der Waals surface area (Å²) in [4.78, 5) is 0. The Morgan fingerprint density at radius 1 is 1.25 bits per heavy atom. The van der Waals surface area contributed by atoms with Gasteiger partial charge in [0.05, 0.1) is 18.8 Å². The van der Waals surface area contributed by atoms with Gasteiger partial charge in [0, 0.05) is 10.0 Å². The number of hydrogen-bond donors (Lipinski definition) is 1. The minimum Gasteiger partial charge on any atom is -0.496 e. The molecular weight excluding hydrogens is 318 g/mol. The van der Waals surface area contributed by atoms with Gasteiger partial charge in [-0.05, 0) is 42.8 Å². The average Bonchev–Trinajstić information content (AvgIpc) is 2.46. The van der Waals surface area contributed by atoms with Gasteiger partial charge in [-0.2, -0.15) is 0 Å². The number of rotatable bonds is 2. The third kappa shape index (κ3) is 2.48. The summed E-state index contributed by atoms with van der Waals surface area (Å²) in [7, 11) is 1.69. The van der Waals surface area contributed by atoms with Gasteiger partial charge in [-0.1, -0.05) is 22.0 Å². The first-order valence-electron chi connectivity index (χ1n) is 6.51. The summed E-state index contributed by atoms with van der Waals surface area (Å²) >= 11 is 3.51. The van der Waals surface area contributed by atoms with Crippen molar-refractivity contribution in [2.24, 2.45) is 0 Å². The number of nitrogens with one attached hydrogen (secondary N) is 1. The number of ether oxygens (including phenoxy) is 2. The largest absolute Gasteiger partial charge is 0.496 e. The molecule has 1 aliphatic rings. The van der Waals surface area contributed by atoms with Gasteiger partial charge in [0.2, 0.25) is 0 Å². The van der Waals surface area contributed by atoms with Crippen LogP contribution in [0.2, 0.25) is 0 Å². The SMILES string of the molecule is COc1ccc(Br)cc1C1COc2ccc(C)cc2N1. The fraction of sp³-hybridized carbons (Fsp3) is 0.250. The van der Waals surface area contributed by atoms with Crippen molar-refractivity contribution in [3.05, 3.63) is 52.0 Å². The molecule has 0 aliphatic carbocycles. The van der Waals surface area contributed by atoms with Crippen LogP contribution in [-0.4, -0.2) is 13.7 Å². The topological polar surface area (TPSA) is 30.5 Å². The Hall–Kier alpha value is -1.68. The maximum absolute atomic E-state index is 5.85. The van der Waals surface area contributed by atoms with Crippen LogP contribution in [0.15, 0.2) is 40.9 Å². The summed E-state index contributed by atoms with van der Waals surface area (Å²) in [6, 6.07) is 12.3. The Kier molecular flexibility index (Phi) is 3.57. The summed E-state index contributed by atoms with van der Waals surface area (Å²) in [6.07, 6.45) is 0. The van der Waals surface area contributed by atoms with E-state index in [1.165, 1.54) is 5.56 Å². The van der Waals surface area contributed by atoms with Crippen LogP contribution in [0.1, 0.15) is 17.2 Å². The molecule has 0 bridgehead atoms. The van der Waals surface area contributed by atoms with Gasteiger partial charge in [-0.25, -0.2) is 0 Å². The Balaban J connectivity index is 1.95. The van der Waals surface area contributed by atoms with Crippen molar-refractivity contribution in [3.8, 4) is 11.5 Å². The Labute approximate surface area is 127 Å². The molecule has 0 spiro atoms. The van der Waals surface area contributed by atoms with Crippen LogP contribution in [0.3, 0.4) is 0 Å². The molecule has 3 nitrogen and oxygen atoms in total. The summed E-state index contributed by atoms with van der Waals surface area (Å²) in [6.45, 7) is 2.66. The van der Waals surface area contributed by atoms with E-state index >= 15 is 0 Å². The lowest BCUT2D eigenvalue weighted by Crippen LogP contribution is -2.24. The molecule has 1 atom stereocenters. The van der Waals surface area contributed by atoms with E-state index in [2.05, 4.69) is 46.4 Å². The van der Waals surface area contributed by atoms with Crippen LogP contribution in [0.25, 0.3) is 0 Å². The van der Waals surface area contributed by atoms with E-state index in [9.17, 15) is 0 Å². The number of hydrogen-bond acceptors (Lipinski definition) is 3. The molecule has 0 radical (unpaired) electrons. The molecule has 4 heteroatoms. The maximum Gasteiger partial charge on any atom is 0.142 e. The van der Waals surface area contributed by atoms with Gasteiger partial charge in [-0.3, -0.25) is 0 Å². The molecule has 104 valence electrons. The summed E-state index contributed by atoms with van der Waals surface area (Å²) < 4.78 is 12.3. The van der Waals surface area contributed by atoms with Crippen molar-refractivity contribution in [3.63, 3.8) is 0 Å². The second kappa shape index (κ2) is 5.37. The second-order valence-electron chi connectivity index (χ2n) is 4.89. The van der Waals surface area contributed by atoms with Crippen LogP contribution in [0, 0.1) is 6.92 Å². The highest BCUT2D eigenvalue weighted by atomic mass is 79.9. The van der Waals surface area contributed by atoms with Crippen LogP contribution in [0.4, 0.5) is 5.69 Å². The lowest BCUT2D eigenvalue weighted by Gasteiger charge is -2.29. The Morgan fingerprint density at radius 2 is 2.10 bits per heavy atom. The molecule has 20 heavy (non-hydrogen) atoms. The van der Waals surface area contributed by atoms with E-state index in [1.54, 1.807) is 7.11 Å². The molecule has 0 fully saturated rings. The summed E-state index contributed by atoms with van der Waals surface area (Å²) in [5.74, 6) is 1.77. The van der Waals surface area contributed by atoms with Crippen LogP contribution >= 0.6 is 15.9 Å². The molecule has 1 aliphatic heterocycles. The van der Waals surface area contributed by atoms with Gasteiger partial charge >= 0.3 is 0 Å². The first-order chi connectivity index (χ1) is 9.67. The highest BCUT2D eigenvalue weighted by molar-refractivity contribution is 9.10. The van der Waals surface area contributed by atoms with E-state index in [-0.39, 0.29) is 6.04 Å². The van der Waals surface area contributed by atoms with Gasteiger partial charge in [0.15, 0.2) is 0 Å². The van der Waals surface area contributed by atoms with Crippen molar-refractivity contribution in [2.75, 3.05) is 19.0 Å². The maximum atomic E-state index is 5.85. The molecule has 0 aromatic heterocycles. The first kappa shape index (κ1) is 13.3. The minimum absolute atomic E-state index is 0.0803. The lowest BCUT2D eigenvalue weighted by molar-refractivity contribution is 0.282. The van der Waals surface area contributed by atoms with Gasteiger partial charge in [-0.15, -0.1) is 0 Å². The second-order valence-corrected chi connectivity index (χ2v) is 5.81. The van der Waals surface area contributed by atoms with E-state index in [0.717, 1.165) is 27.2 Å². The number of aryl methyl sites for hydroxylation is 1. The molecule has 0 saturated carbocycles. The molecule has 1 heterocycles. The lowest BCUT2D eigenvalue weighted by atomic mass is 10.0. The van der Waals surface area contributed by atoms with Gasteiger partial charge in [0.25, 0.3) is 0 Å². The van der Waals surface area contributed by atoms with Crippen molar-refractivity contribution < 1.29 is 9.47 Å². The normalized spacial score (nSPS) is 16.9. The third-order valence-electron chi connectivity index (χ3n) is 3.44. The molecule has 2 aromatic rings. The third-order valence-corrected chi connectivity index (χ3v) is 3.93. The standard InChI is InChI=1S/C16H16BrNO2/c1-10-3-5-16-13(7-10)18-14(9-20-16)12-8-11(17)4-6-15(12)19-2/h3-8,14,18H,9H2,1-2H3. The monoisotopic (exact) mass is 333 g/mol. The number of anilines is 1. The predicted octanol–water partition coefficient (Wildman–Crippen LogP) is 4.31. The summed E-state index contributed by atoms with van der Waals surface area (Å²) in [5, 5.41) is 3.53.